The fourth-order valence-electron chi connectivity index (χ4n) is 4.94. The molecule has 1 aromatic rings. The molecule has 2 heterocycles. The number of aryl methyl sites for hydroxylation is 1. The van der Waals surface area contributed by atoms with E-state index in [1.165, 1.54) is 6.92 Å². The van der Waals surface area contributed by atoms with Crippen molar-refractivity contribution in [2.75, 3.05) is 18.5 Å². The summed E-state index contributed by atoms with van der Waals surface area (Å²) in [5.74, 6) is -0.213. The summed E-state index contributed by atoms with van der Waals surface area (Å²) in [6.45, 7) is 23.9. The molecule has 0 saturated carbocycles. The van der Waals surface area contributed by atoms with Gasteiger partial charge in [0.15, 0.2) is 29.2 Å². The smallest absolute Gasteiger partial charge is 0.221 e. The third-order valence-electron chi connectivity index (χ3n) is 10.5. The molecule has 2 aliphatic rings. The Labute approximate surface area is 293 Å². The number of anilines is 1. The first-order chi connectivity index (χ1) is 22.4. The van der Waals surface area contributed by atoms with Crippen molar-refractivity contribution in [2.45, 2.75) is 160 Å². The average Bonchev–Trinajstić information content (AvgIpc) is 2.98. The quantitative estimate of drug-likeness (QED) is 0.173. The van der Waals surface area contributed by atoms with Crippen molar-refractivity contribution in [3.05, 3.63) is 29.3 Å². The molecule has 1 amide bonds. The van der Waals surface area contributed by atoms with Crippen LogP contribution < -0.4 is 5.32 Å². The van der Waals surface area contributed by atoms with E-state index < -0.39 is 78.0 Å². The third-order valence-corrected chi connectivity index (χ3v) is 19.5. The fourth-order valence-corrected chi connectivity index (χ4v) is 6.97. The maximum Gasteiger partial charge on any atom is 0.221 e. The first kappa shape index (κ1) is 42.1. The van der Waals surface area contributed by atoms with Crippen LogP contribution in [0.3, 0.4) is 0 Å². The second-order valence-electron chi connectivity index (χ2n) is 16.4. The Balaban J connectivity index is 1.83. The van der Waals surface area contributed by atoms with Crippen LogP contribution in [0.4, 0.5) is 5.69 Å². The number of benzene rings is 1. The number of hydrogen-bond acceptors (Lipinski definition) is 12. The van der Waals surface area contributed by atoms with Crippen LogP contribution in [0.2, 0.25) is 36.3 Å². The molecule has 2 saturated heterocycles. The monoisotopic (exact) mass is 731 g/mol. The number of ether oxygens (including phenoxy) is 4. The van der Waals surface area contributed by atoms with Crippen LogP contribution in [0.5, 0.6) is 0 Å². The lowest BCUT2D eigenvalue weighted by molar-refractivity contribution is -0.359. The highest BCUT2D eigenvalue weighted by molar-refractivity contribution is 6.74. The molecule has 0 unspecified atom stereocenters. The molecule has 0 spiro atoms. The molecule has 0 aromatic heterocycles. The molecule has 0 aliphatic carbocycles. The van der Waals surface area contributed by atoms with Crippen LogP contribution in [0.25, 0.3) is 0 Å². The average molecular weight is 732 g/mol. The first-order valence-electron chi connectivity index (χ1n) is 17.0. The number of carbonyl (C=O) groups excluding carboxylic acids is 1. The number of aliphatic hydroxyl groups is 5. The van der Waals surface area contributed by atoms with Crippen molar-refractivity contribution in [1.29, 1.82) is 0 Å². The SMILES string of the molecule is CC(=O)Nc1cc(CO[C@@H]2O[C@H](CO[Si](C)(C)C(C)(C)C)[C@@H](O[C@H]3O[C@H](CO[Si](C)(C)C(C)(C)C)[C@@H](O)[C@H](O)[C@H]3O)[C@H](O)[C@H]2O)ccc1C. The molecule has 2 aliphatic heterocycles. The molecule has 1 aromatic carbocycles. The largest absolute Gasteiger partial charge is 0.414 e. The minimum atomic E-state index is -2.34. The Hall–Kier alpha value is -1.32. The van der Waals surface area contributed by atoms with Gasteiger partial charge >= 0.3 is 0 Å². The van der Waals surface area contributed by atoms with E-state index in [4.69, 9.17) is 27.8 Å². The van der Waals surface area contributed by atoms with Crippen molar-refractivity contribution in [3.63, 3.8) is 0 Å². The molecular formula is C34H61NO12Si2. The van der Waals surface area contributed by atoms with Gasteiger partial charge in [0.05, 0.1) is 19.8 Å². The van der Waals surface area contributed by atoms with E-state index >= 15 is 0 Å². The minimum Gasteiger partial charge on any atom is -0.414 e. The molecule has 3 rings (SSSR count). The standard InChI is InChI=1S/C34H61NO12Si2/c1-19-13-14-21(15-22(19)35-20(2)36)16-42-31-29(41)27(39)30(24(46-31)18-44-49(11,12)34(6,7)8)47-32-28(40)26(38)25(37)23(45-32)17-43-48(9,10)33(3,4)5/h13-15,23-32,37-41H,16-18H2,1-12H3,(H,35,36)/t23-,24-,25-,26+,27-,28-,29-,30-,31-,32-/m1/s1. The zero-order valence-electron chi connectivity index (χ0n) is 31.2. The second kappa shape index (κ2) is 16.1. The van der Waals surface area contributed by atoms with Gasteiger partial charge in [0, 0.05) is 12.6 Å². The highest BCUT2D eigenvalue weighted by Crippen LogP contribution is 2.39. The zero-order chi connectivity index (χ0) is 37.3. The van der Waals surface area contributed by atoms with Gasteiger partial charge < -0.3 is 58.6 Å². The maximum absolute atomic E-state index is 11.6. The Morgan fingerprint density at radius 1 is 0.776 bits per heavy atom. The number of amides is 1. The van der Waals surface area contributed by atoms with Crippen molar-refractivity contribution in [2.24, 2.45) is 0 Å². The first-order valence-corrected chi connectivity index (χ1v) is 22.8. The van der Waals surface area contributed by atoms with E-state index in [2.05, 4.69) is 60.0 Å². The third kappa shape index (κ3) is 10.4. The number of nitrogens with one attached hydrogen (secondary N) is 1. The van der Waals surface area contributed by atoms with E-state index in [0.29, 0.717) is 11.3 Å². The van der Waals surface area contributed by atoms with E-state index in [0.717, 1.165) is 5.56 Å². The van der Waals surface area contributed by atoms with Crippen LogP contribution in [0.15, 0.2) is 18.2 Å². The molecule has 282 valence electrons. The van der Waals surface area contributed by atoms with Gasteiger partial charge in [-0.25, -0.2) is 0 Å². The highest BCUT2D eigenvalue weighted by Gasteiger charge is 2.52. The summed E-state index contributed by atoms with van der Waals surface area (Å²) in [4.78, 5) is 11.6. The van der Waals surface area contributed by atoms with Crippen molar-refractivity contribution >= 4 is 28.2 Å². The molecular weight excluding hydrogens is 671 g/mol. The lowest BCUT2D eigenvalue weighted by atomic mass is 9.97. The number of carbonyl (C=O) groups is 1. The van der Waals surface area contributed by atoms with Crippen molar-refractivity contribution in [1.82, 2.24) is 0 Å². The zero-order valence-corrected chi connectivity index (χ0v) is 33.2. The molecule has 13 nitrogen and oxygen atoms in total. The topological polar surface area (TPSA) is 186 Å². The highest BCUT2D eigenvalue weighted by atomic mass is 28.4. The summed E-state index contributed by atoms with van der Waals surface area (Å²) in [5, 5.41) is 57.6. The van der Waals surface area contributed by atoms with E-state index in [-0.39, 0.29) is 35.8 Å². The van der Waals surface area contributed by atoms with Gasteiger partial charge in [-0.05, 0) is 60.4 Å². The summed E-state index contributed by atoms with van der Waals surface area (Å²) in [5.41, 5.74) is 2.19. The molecule has 49 heavy (non-hydrogen) atoms. The van der Waals surface area contributed by atoms with Crippen LogP contribution in [0, 0.1) is 6.92 Å². The molecule has 10 atom stereocenters. The predicted octanol–water partition coefficient (Wildman–Crippen LogP) is 3.15. The summed E-state index contributed by atoms with van der Waals surface area (Å²) < 4.78 is 37.0. The van der Waals surface area contributed by atoms with Crippen LogP contribution >= 0.6 is 0 Å². The van der Waals surface area contributed by atoms with Gasteiger partial charge in [0.2, 0.25) is 5.91 Å². The molecule has 2 fully saturated rings. The summed E-state index contributed by atoms with van der Waals surface area (Å²) in [6, 6.07) is 5.42. The second-order valence-corrected chi connectivity index (χ2v) is 26.0. The van der Waals surface area contributed by atoms with Crippen LogP contribution in [0.1, 0.15) is 59.6 Å². The molecule has 15 heteroatoms. The summed E-state index contributed by atoms with van der Waals surface area (Å²) in [7, 11) is -4.60. The van der Waals surface area contributed by atoms with Crippen molar-refractivity contribution in [3.8, 4) is 0 Å². The number of rotatable bonds is 12. The molecule has 0 radical (unpaired) electrons. The Bertz CT molecular complexity index is 1250. The van der Waals surface area contributed by atoms with Gasteiger partial charge in [-0.3, -0.25) is 4.79 Å². The summed E-state index contributed by atoms with van der Waals surface area (Å²) in [6.07, 6.45) is -14.0. The minimum absolute atomic E-state index is 0.00686. The van der Waals surface area contributed by atoms with E-state index in [1.807, 2.05) is 32.2 Å². The Kier molecular flexibility index (Phi) is 13.9. The van der Waals surface area contributed by atoms with E-state index in [1.54, 1.807) is 6.07 Å². The van der Waals surface area contributed by atoms with Crippen molar-refractivity contribution < 1.29 is 58.1 Å². The van der Waals surface area contributed by atoms with Gasteiger partial charge in [-0.2, -0.15) is 0 Å². The van der Waals surface area contributed by atoms with Gasteiger partial charge in [0.1, 0.15) is 48.8 Å². The molecule has 6 N–H and O–H groups in total. The van der Waals surface area contributed by atoms with Gasteiger partial charge in [-0.15, -0.1) is 0 Å². The lowest BCUT2D eigenvalue weighted by Gasteiger charge is -2.47. The number of hydrogen-bond donors (Lipinski definition) is 6. The maximum atomic E-state index is 11.6. The Morgan fingerprint density at radius 3 is 1.82 bits per heavy atom. The van der Waals surface area contributed by atoms with Gasteiger partial charge in [0.25, 0.3) is 0 Å². The lowest BCUT2D eigenvalue weighted by Crippen LogP contribution is -2.65. The Morgan fingerprint density at radius 2 is 1.29 bits per heavy atom. The molecule has 0 bridgehead atoms. The van der Waals surface area contributed by atoms with Crippen LogP contribution in [-0.2, 0) is 39.2 Å². The van der Waals surface area contributed by atoms with E-state index in [9.17, 15) is 30.3 Å². The van der Waals surface area contributed by atoms with Gasteiger partial charge in [-0.1, -0.05) is 53.7 Å². The predicted molar refractivity (Wildman–Crippen MR) is 189 cm³/mol. The van der Waals surface area contributed by atoms with Crippen LogP contribution in [-0.4, -0.2) is 123 Å². The number of aliphatic hydroxyl groups excluding tert-OH is 5. The normalized spacial score (nSPS) is 31.9. The fraction of sp³-hybridized carbons (Fsp3) is 0.794. The summed E-state index contributed by atoms with van der Waals surface area (Å²) >= 11 is 0.